The molecule has 0 atom stereocenters. The number of nitrogens with one attached hydrogen (secondary N) is 1. The number of nitrogens with zero attached hydrogens (tertiary/aromatic N) is 2. The number of carbonyl (C=O) groups excluding carboxylic acids is 1. The number of nitrogen functional groups attached to an aromatic ring is 1. The van der Waals surface area contributed by atoms with Crippen molar-refractivity contribution in [3.8, 4) is 0 Å². The van der Waals surface area contributed by atoms with Crippen LogP contribution in [0.4, 0.5) is 11.4 Å². The first-order chi connectivity index (χ1) is 9.54. The summed E-state index contributed by atoms with van der Waals surface area (Å²) in [6, 6.07) is 5.53. The van der Waals surface area contributed by atoms with Gasteiger partial charge in [0.05, 0.1) is 17.1 Å². The number of rotatable bonds is 4. The third kappa shape index (κ3) is 3.96. The van der Waals surface area contributed by atoms with Crippen molar-refractivity contribution in [1.29, 1.82) is 0 Å². The molecule has 20 heavy (non-hydrogen) atoms. The van der Waals surface area contributed by atoms with Gasteiger partial charge in [-0.05, 0) is 37.1 Å². The number of hydrogen-bond acceptors (Lipinski definition) is 5. The van der Waals surface area contributed by atoms with Crippen molar-refractivity contribution < 1.29 is 4.79 Å². The molecule has 0 spiro atoms. The second-order valence-electron chi connectivity index (χ2n) is 4.47. The zero-order chi connectivity index (χ0) is 14.5. The van der Waals surface area contributed by atoms with E-state index in [1.165, 1.54) is 11.8 Å². The number of aryl methyl sites for hydroxylation is 2. The molecule has 104 valence electrons. The van der Waals surface area contributed by atoms with Crippen LogP contribution >= 0.6 is 11.8 Å². The summed E-state index contributed by atoms with van der Waals surface area (Å²) in [6.45, 7) is 3.87. The van der Waals surface area contributed by atoms with Crippen molar-refractivity contribution in [3.63, 3.8) is 0 Å². The molecule has 5 nitrogen and oxygen atoms in total. The SMILES string of the molecule is Cc1cnc(SCC(=O)Nc2ccc(C)cc2N)nc1. The minimum Gasteiger partial charge on any atom is -0.397 e. The first-order valence-electron chi connectivity index (χ1n) is 6.12. The van der Waals surface area contributed by atoms with Crippen LogP contribution in [-0.2, 0) is 4.79 Å². The summed E-state index contributed by atoms with van der Waals surface area (Å²) in [6.07, 6.45) is 3.45. The Morgan fingerprint density at radius 2 is 1.95 bits per heavy atom. The van der Waals surface area contributed by atoms with E-state index in [0.29, 0.717) is 16.5 Å². The molecule has 0 aliphatic rings. The molecule has 1 aromatic carbocycles. The Hall–Kier alpha value is -2.08. The average molecular weight is 288 g/mol. The van der Waals surface area contributed by atoms with Gasteiger partial charge in [-0.25, -0.2) is 9.97 Å². The fraction of sp³-hybridized carbons (Fsp3) is 0.214. The van der Waals surface area contributed by atoms with E-state index >= 15 is 0 Å². The lowest BCUT2D eigenvalue weighted by atomic mass is 10.2. The summed E-state index contributed by atoms with van der Waals surface area (Å²) in [5.41, 5.74) is 9.09. The largest absolute Gasteiger partial charge is 0.397 e. The summed E-state index contributed by atoms with van der Waals surface area (Å²) in [5.74, 6) is 0.117. The van der Waals surface area contributed by atoms with Crippen molar-refractivity contribution in [1.82, 2.24) is 9.97 Å². The zero-order valence-corrected chi connectivity index (χ0v) is 12.2. The van der Waals surface area contributed by atoms with Gasteiger partial charge in [0.1, 0.15) is 0 Å². The number of aromatic nitrogens is 2. The molecule has 0 aliphatic carbocycles. The lowest BCUT2D eigenvalue weighted by Gasteiger charge is -2.08. The summed E-state index contributed by atoms with van der Waals surface area (Å²) < 4.78 is 0. The molecule has 0 radical (unpaired) electrons. The second-order valence-corrected chi connectivity index (χ2v) is 5.41. The summed E-state index contributed by atoms with van der Waals surface area (Å²) >= 11 is 1.29. The lowest BCUT2D eigenvalue weighted by molar-refractivity contribution is -0.113. The number of amides is 1. The van der Waals surface area contributed by atoms with E-state index in [4.69, 9.17) is 5.73 Å². The van der Waals surface area contributed by atoms with Crippen LogP contribution in [0.5, 0.6) is 0 Å². The average Bonchev–Trinajstić information content (AvgIpc) is 2.41. The van der Waals surface area contributed by atoms with Gasteiger partial charge in [0, 0.05) is 12.4 Å². The summed E-state index contributed by atoms with van der Waals surface area (Å²) in [5, 5.41) is 3.36. The topological polar surface area (TPSA) is 80.9 Å². The molecule has 6 heteroatoms. The maximum absolute atomic E-state index is 11.8. The molecule has 3 N–H and O–H groups in total. The molecule has 0 saturated heterocycles. The van der Waals surface area contributed by atoms with Crippen LogP contribution < -0.4 is 11.1 Å². The molecule has 0 unspecified atom stereocenters. The molecule has 0 bridgehead atoms. The number of anilines is 2. The highest BCUT2D eigenvalue weighted by molar-refractivity contribution is 7.99. The highest BCUT2D eigenvalue weighted by Gasteiger charge is 2.07. The van der Waals surface area contributed by atoms with Gasteiger partial charge in [-0.15, -0.1) is 0 Å². The molecule has 0 saturated carbocycles. The summed E-state index contributed by atoms with van der Waals surface area (Å²) in [7, 11) is 0. The van der Waals surface area contributed by atoms with Crippen LogP contribution in [0.2, 0.25) is 0 Å². The number of nitrogens with two attached hydrogens (primary N) is 1. The minimum atomic E-state index is -0.130. The third-order valence-corrected chi connectivity index (χ3v) is 3.45. The summed E-state index contributed by atoms with van der Waals surface area (Å²) in [4.78, 5) is 20.1. The number of carbonyl (C=O) groups is 1. The van der Waals surface area contributed by atoms with Gasteiger partial charge in [-0.1, -0.05) is 17.8 Å². The minimum absolute atomic E-state index is 0.130. The molecule has 2 rings (SSSR count). The number of hydrogen-bond donors (Lipinski definition) is 2. The van der Waals surface area contributed by atoms with Crippen molar-refractivity contribution in [2.75, 3.05) is 16.8 Å². The Morgan fingerprint density at radius 3 is 2.60 bits per heavy atom. The van der Waals surface area contributed by atoms with Crippen molar-refractivity contribution >= 4 is 29.0 Å². The van der Waals surface area contributed by atoms with Crippen molar-refractivity contribution in [3.05, 3.63) is 41.7 Å². The fourth-order valence-electron chi connectivity index (χ4n) is 1.57. The molecule has 0 fully saturated rings. The first kappa shape index (κ1) is 14.3. The van der Waals surface area contributed by atoms with Crippen molar-refractivity contribution in [2.45, 2.75) is 19.0 Å². The monoisotopic (exact) mass is 288 g/mol. The van der Waals surface area contributed by atoms with E-state index in [9.17, 15) is 4.79 Å². The van der Waals surface area contributed by atoms with Crippen LogP contribution in [0.25, 0.3) is 0 Å². The van der Waals surface area contributed by atoms with E-state index in [1.807, 2.05) is 26.0 Å². The molecule has 1 heterocycles. The van der Waals surface area contributed by atoms with E-state index in [1.54, 1.807) is 18.5 Å². The van der Waals surface area contributed by atoms with Gasteiger partial charge in [0.15, 0.2) is 5.16 Å². The Morgan fingerprint density at radius 1 is 1.25 bits per heavy atom. The van der Waals surface area contributed by atoms with Crippen molar-refractivity contribution in [2.24, 2.45) is 0 Å². The van der Waals surface area contributed by atoms with E-state index in [2.05, 4.69) is 15.3 Å². The van der Waals surface area contributed by atoms with Gasteiger partial charge in [0.25, 0.3) is 0 Å². The van der Waals surface area contributed by atoms with Gasteiger partial charge < -0.3 is 11.1 Å². The zero-order valence-electron chi connectivity index (χ0n) is 11.4. The van der Waals surface area contributed by atoms with Gasteiger partial charge >= 0.3 is 0 Å². The molecule has 1 amide bonds. The van der Waals surface area contributed by atoms with E-state index in [0.717, 1.165) is 11.1 Å². The predicted molar refractivity (Wildman–Crippen MR) is 81.7 cm³/mol. The molecule has 1 aromatic heterocycles. The molecule has 2 aromatic rings. The maximum atomic E-state index is 11.8. The number of benzene rings is 1. The normalized spacial score (nSPS) is 10.3. The van der Waals surface area contributed by atoms with Gasteiger partial charge in [-0.2, -0.15) is 0 Å². The standard InChI is InChI=1S/C14H16N4OS/c1-9-3-4-12(11(15)5-9)18-13(19)8-20-14-16-6-10(2)7-17-14/h3-7H,8,15H2,1-2H3,(H,18,19). The molecule has 0 aliphatic heterocycles. The van der Waals surface area contributed by atoms with Crippen LogP contribution in [0.1, 0.15) is 11.1 Å². The Labute approximate surface area is 122 Å². The van der Waals surface area contributed by atoms with Crippen LogP contribution in [0.3, 0.4) is 0 Å². The highest BCUT2D eigenvalue weighted by atomic mass is 32.2. The van der Waals surface area contributed by atoms with Crippen LogP contribution in [-0.4, -0.2) is 21.6 Å². The maximum Gasteiger partial charge on any atom is 0.234 e. The van der Waals surface area contributed by atoms with Gasteiger partial charge in [-0.3, -0.25) is 4.79 Å². The molecular weight excluding hydrogens is 272 g/mol. The second kappa shape index (κ2) is 6.38. The van der Waals surface area contributed by atoms with E-state index in [-0.39, 0.29) is 11.7 Å². The number of thioether (sulfide) groups is 1. The Bertz CT molecular complexity index is 613. The quantitative estimate of drug-likeness (QED) is 0.513. The lowest BCUT2D eigenvalue weighted by Crippen LogP contribution is -2.15. The third-order valence-electron chi connectivity index (χ3n) is 2.57. The van der Waals surface area contributed by atoms with Crippen LogP contribution in [0.15, 0.2) is 35.7 Å². The Balaban J connectivity index is 1.90. The Kier molecular flexibility index (Phi) is 4.57. The fourth-order valence-corrected chi connectivity index (χ4v) is 2.15. The van der Waals surface area contributed by atoms with Gasteiger partial charge in [0.2, 0.25) is 5.91 Å². The van der Waals surface area contributed by atoms with E-state index < -0.39 is 0 Å². The predicted octanol–water partition coefficient (Wildman–Crippen LogP) is 2.41. The highest BCUT2D eigenvalue weighted by Crippen LogP contribution is 2.20. The molecular formula is C14H16N4OS. The first-order valence-corrected chi connectivity index (χ1v) is 7.10. The smallest absolute Gasteiger partial charge is 0.234 e. The van der Waals surface area contributed by atoms with Crippen LogP contribution in [0, 0.1) is 13.8 Å².